The third-order valence-electron chi connectivity index (χ3n) is 3.27. The molecule has 0 unspecified atom stereocenters. The molecule has 0 fully saturated rings. The largest absolute Gasteiger partial charge is 0.484 e. The van der Waals surface area contributed by atoms with Gasteiger partial charge in [0.15, 0.2) is 6.61 Å². The van der Waals surface area contributed by atoms with Gasteiger partial charge in [-0.15, -0.1) is 10.2 Å². The second kappa shape index (κ2) is 9.07. The van der Waals surface area contributed by atoms with Gasteiger partial charge in [0.25, 0.3) is 11.1 Å². The van der Waals surface area contributed by atoms with Crippen molar-refractivity contribution >= 4 is 35.0 Å². The Balaban J connectivity index is 1.47. The number of amides is 1. The van der Waals surface area contributed by atoms with Crippen LogP contribution >= 0.6 is 23.4 Å². The minimum Gasteiger partial charge on any atom is -0.484 e. The lowest BCUT2D eigenvalue weighted by molar-refractivity contribution is -0.113. The molecule has 136 valence electrons. The molecule has 0 radical (unpaired) electrons. The number of thioether (sulfide) groups is 1. The van der Waals surface area contributed by atoms with Gasteiger partial charge in [-0.1, -0.05) is 35.5 Å². The smallest absolute Gasteiger partial charge is 0.277 e. The Morgan fingerprint density at radius 1 is 1.22 bits per heavy atom. The van der Waals surface area contributed by atoms with Gasteiger partial charge in [0.1, 0.15) is 5.75 Å². The first-order valence-electron chi connectivity index (χ1n) is 7.76. The Hall–Kier alpha value is -3.02. The number of anilines is 1. The molecule has 9 heteroatoms. The minimum absolute atomic E-state index is 0.0886. The number of carbonyl (C=O) groups excluding carboxylic acids is 1. The van der Waals surface area contributed by atoms with Crippen molar-refractivity contribution in [1.29, 1.82) is 5.26 Å². The van der Waals surface area contributed by atoms with Crippen LogP contribution in [0.3, 0.4) is 0 Å². The SMILES string of the molecule is N#Cc1ccc(OCc2nnc(SCC(=O)Nc3ccccc3Cl)o2)cc1. The van der Waals surface area contributed by atoms with Gasteiger partial charge in [-0.25, -0.2) is 0 Å². The van der Waals surface area contributed by atoms with Gasteiger partial charge in [0.2, 0.25) is 5.91 Å². The lowest BCUT2D eigenvalue weighted by Crippen LogP contribution is -2.14. The summed E-state index contributed by atoms with van der Waals surface area (Å²) in [6, 6.07) is 15.7. The molecular formula is C18H13ClN4O3S. The summed E-state index contributed by atoms with van der Waals surface area (Å²) in [5, 5.41) is 20.0. The van der Waals surface area contributed by atoms with E-state index in [1.165, 1.54) is 0 Å². The van der Waals surface area contributed by atoms with Crippen LogP contribution in [0.5, 0.6) is 5.75 Å². The first-order chi connectivity index (χ1) is 13.1. The predicted molar refractivity (Wildman–Crippen MR) is 101 cm³/mol. The highest BCUT2D eigenvalue weighted by Crippen LogP contribution is 2.22. The fourth-order valence-corrected chi connectivity index (χ4v) is 2.77. The number of hydrogen-bond acceptors (Lipinski definition) is 7. The maximum Gasteiger partial charge on any atom is 0.277 e. The van der Waals surface area contributed by atoms with Gasteiger partial charge in [-0.2, -0.15) is 5.26 Å². The monoisotopic (exact) mass is 400 g/mol. The van der Waals surface area contributed by atoms with Crippen molar-refractivity contribution in [1.82, 2.24) is 10.2 Å². The molecule has 3 aromatic rings. The molecule has 0 saturated carbocycles. The Labute approximate surface area is 164 Å². The summed E-state index contributed by atoms with van der Waals surface area (Å²) < 4.78 is 10.9. The van der Waals surface area contributed by atoms with Crippen molar-refractivity contribution in [2.24, 2.45) is 0 Å². The van der Waals surface area contributed by atoms with Crippen LogP contribution in [0.15, 0.2) is 58.2 Å². The first-order valence-corrected chi connectivity index (χ1v) is 9.13. The normalized spacial score (nSPS) is 10.2. The fraction of sp³-hybridized carbons (Fsp3) is 0.111. The predicted octanol–water partition coefficient (Wildman–Crippen LogP) is 3.90. The number of carbonyl (C=O) groups is 1. The molecule has 0 bridgehead atoms. The molecule has 1 N–H and O–H groups in total. The Bertz CT molecular complexity index is 969. The summed E-state index contributed by atoms with van der Waals surface area (Å²) in [5.41, 5.74) is 1.10. The molecule has 0 spiro atoms. The van der Waals surface area contributed by atoms with Crippen molar-refractivity contribution < 1.29 is 13.9 Å². The lowest BCUT2D eigenvalue weighted by Gasteiger charge is -2.05. The van der Waals surface area contributed by atoms with Crippen molar-refractivity contribution in [2.75, 3.05) is 11.1 Å². The van der Waals surface area contributed by atoms with Crippen molar-refractivity contribution in [3.8, 4) is 11.8 Å². The molecule has 0 saturated heterocycles. The van der Waals surface area contributed by atoms with Gasteiger partial charge in [-0.3, -0.25) is 4.79 Å². The van der Waals surface area contributed by atoms with Crippen molar-refractivity contribution in [2.45, 2.75) is 11.8 Å². The maximum absolute atomic E-state index is 12.0. The topological polar surface area (TPSA) is 101 Å². The molecule has 0 aliphatic heterocycles. The van der Waals surface area contributed by atoms with Crippen LogP contribution in [0.25, 0.3) is 0 Å². The molecular weight excluding hydrogens is 388 g/mol. The second-order valence-corrected chi connectivity index (χ2v) is 6.54. The summed E-state index contributed by atoms with van der Waals surface area (Å²) in [6.07, 6.45) is 0. The average molecular weight is 401 g/mol. The van der Waals surface area contributed by atoms with E-state index >= 15 is 0 Å². The number of halogens is 1. The van der Waals surface area contributed by atoms with Gasteiger partial charge < -0.3 is 14.5 Å². The van der Waals surface area contributed by atoms with E-state index in [4.69, 9.17) is 26.0 Å². The number of nitriles is 1. The molecule has 7 nitrogen and oxygen atoms in total. The Kier molecular flexibility index (Phi) is 6.30. The molecule has 0 aliphatic rings. The summed E-state index contributed by atoms with van der Waals surface area (Å²) in [5.74, 6) is 0.735. The number of ether oxygens (including phenoxy) is 1. The average Bonchev–Trinajstić information content (AvgIpc) is 3.15. The molecule has 1 heterocycles. The summed E-state index contributed by atoms with van der Waals surface area (Å²) in [4.78, 5) is 12.0. The molecule has 27 heavy (non-hydrogen) atoms. The quantitative estimate of drug-likeness (QED) is 0.600. The number of aromatic nitrogens is 2. The zero-order valence-corrected chi connectivity index (χ0v) is 15.5. The highest BCUT2D eigenvalue weighted by atomic mass is 35.5. The number of rotatable bonds is 7. The maximum atomic E-state index is 12.0. The fourth-order valence-electron chi connectivity index (χ4n) is 2.00. The molecule has 3 rings (SSSR count). The van der Waals surface area contributed by atoms with Crippen LogP contribution in [-0.4, -0.2) is 21.9 Å². The molecule has 0 aliphatic carbocycles. The molecule has 1 aromatic heterocycles. The van der Waals surface area contributed by atoms with Crippen LogP contribution in [0.1, 0.15) is 11.5 Å². The van der Waals surface area contributed by atoms with E-state index in [9.17, 15) is 4.79 Å². The highest BCUT2D eigenvalue weighted by Gasteiger charge is 2.11. The Morgan fingerprint density at radius 3 is 2.74 bits per heavy atom. The minimum atomic E-state index is -0.235. The zero-order valence-electron chi connectivity index (χ0n) is 13.9. The van der Waals surface area contributed by atoms with E-state index in [0.717, 1.165) is 11.8 Å². The van der Waals surface area contributed by atoms with Crippen LogP contribution in [0.4, 0.5) is 5.69 Å². The van der Waals surface area contributed by atoms with E-state index in [1.54, 1.807) is 48.5 Å². The summed E-state index contributed by atoms with van der Waals surface area (Å²) in [6.45, 7) is 0.0886. The van der Waals surface area contributed by atoms with Crippen molar-refractivity contribution in [3.63, 3.8) is 0 Å². The lowest BCUT2D eigenvalue weighted by atomic mass is 10.2. The third kappa shape index (κ3) is 5.48. The Morgan fingerprint density at radius 2 is 2.00 bits per heavy atom. The molecule has 0 atom stereocenters. The van der Waals surface area contributed by atoms with Crippen LogP contribution < -0.4 is 10.1 Å². The third-order valence-corrected chi connectivity index (χ3v) is 4.42. The number of para-hydroxylation sites is 1. The number of nitrogens with one attached hydrogen (secondary N) is 1. The second-order valence-electron chi connectivity index (χ2n) is 5.20. The van der Waals surface area contributed by atoms with E-state index in [1.807, 2.05) is 6.07 Å². The van der Waals surface area contributed by atoms with Crippen LogP contribution in [0, 0.1) is 11.3 Å². The van der Waals surface area contributed by atoms with Gasteiger partial charge in [-0.05, 0) is 36.4 Å². The number of nitrogens with zero attached hydrogens (tertiary/aromatic N) is 3. The van der Waals surface area contributed by atoms with E-state index in [0.29, 0.717) is 22.0 Å². The van der Waals surface area contributed by atoms with Gasteiger partial charge in [0, 0.05) is 0 Å². The van der Waals surface area contributed by atoms with E-state index in [-0.39, 0.29) is 29.4 Å². The van der Waals surface area contributed by atoms with Crippen molar-refractivity contribution in [3.05, 3.63) is 65.0 Å². The summed E-state index contributed by atoms with van der Waals surface area (Å²) in [7, 11) is 0. The standard InChI is InChI=1S/C18H13ClN4O3S/c19-14-3-1-2-4-15(14)21-16(24)11-27-18-23-22-17(26-18)10-25-13-7-5-12(9-20)6-8-13/h1-8H,10-11H2,(H,21,24). The van der Waals surface area contributed by atoms with Gasteiger partial charge in [0.05, 0.1) is 28.1 Å². The van der Waals surface area contributed by atoms with E-state index < -0.39 is 0 Å². The molecule has 1 amide bonds. The van der Waals surface area contributed by atoms with Crippen LogP contribution in [-0.2, 0) is 11.4 Å². The van der Waals surface area contributed by atoms with Gasteiger partial charge >= 0.3 is 0 Å². The van der Waals surface area contributed by atoms with Crippen LogP contribution in [0.2, 0.25) is 5.02 Å². The number of benzene rings is 2. The van der Waals surface area contributed by atoms with E-state index in [2.05, 4.69) is 15.5 Å². The number of hydrogen-bond donors (Lipinski definition) is 1. The first kappa shape index (κ1) is 18.8. The zero-order chi connectivity index (χ0) is 19.1. The molecule has 2 aromatic carbocycles. The highest BCUT2D eigenvalue weighted by molar-refractivity contribution is 7.99. The summed E-state index contributed by atoms with van der Waals surface area (Å²) >= 11 is 7.11.